The van der Waals surface area contributed by atoms with Gasteiger partial charge in [0.1, 0.15) is 11.2 Å². The number of carbonyl (C=O) groups excluding carboxylic acids is 2. The van der Waals surface area contributed by atoms with Gasteiger partial charge in [-0.1, -0.05) is 0 Å². The first-order chi connectivity index (χ1) is 6.26. The largest absolute Gasteiger partial charge is 0.318 e. The van der Waals surface area contributed by atoms with E-state index in [1.165, 1.54) is 6.92 Å². The van der Waals surface area contributed by atoms with Crippen LogP contribution < -0.4 is 17.2 Å². The molecule has 1 saturated carbocycles. The lowest BCUT2D eigenvalue weighted by molar-refractivity contribution is -0.140. The number of Topliss-reactive ketones (excluding diaryl/α,β-unsaturated/α-hetero) is 2. The maximum atomic E-state index is 11.5. The number of hydrogen-bond donors (Lipinski definition) is 3. The van der Waals surface area contributed by atoms with Crippen molar-refractivity contribution in [3.8, 4) is 0 Å². The van der Waals surface area contributed by atoms with Crippen LogP contribution in [0.2, 0.25) is 0 Å². The highest BCUT2D eigenvalue weighted by molar-refractivity contribution is 6.12. The summed E-state index contributed by atoms with van der Waals surface area (Å²) in [4.78, 5) is 22.9. The predicted octanol–water partition coefficient (Wildman–Crippen LogP) is -1.98. The van der Waals surface area contributed by atoms with Crippen molar-refractivity contribution in [2.75, 3.05) is 0 Å². The van der Waals surface area contributed by atoms with Crippen LogP contribution in [0.15, 0.2) is 10.2 Å². The summed E-state index contributed by atoms with van der Waals surface area (Å²) in [6.07, 6.45) is -0.354. The maximum Gasteiger partial charge on any atom is 0.269 e. The lowest BCUT2D eigenvalue weighted by atomic mass is 9.68. The Bertz CT molecular complexity index is 346. The van der Waals surface area contributed by atoms with Gasteiger partial charge in [-0.2, -0.15) is 0 Å². The average Bonchev–Trinajstić information content (AvgIpc) is 2.81. The van der Waals surface area contributed by atoms with Gasteiger partial charge < -0.3 is 17.2 Å². The molecule has 1 fully saturated rings. The minimum atomic E-state index is -1.76. The summed E-state index contributed by atoms with van der Waals surface area (Å²) in [7, 11) is 0. The van der Waals surface area contributed by atoms with Crippen LogP contribution in [0, 0.1) is 0 Å². The van der Waals surface area contributed by atoms with Crippen molar-refractivity contribution in [2.24, 2.45) is 27.4 Å². The van der Waals surface area contributed by atoms with Crippen LogP contribution in [0.4, 0.5) is 0 Å². The zero-order chi connectivity index (χ0) is 10.8. The van der Waals surface area contributed by atoms with E-state index in [-0.39, 0.29) is 6.42 Å². The summed E-state index contributed by atoms with van der Waals surface area (Å²) < 4.78 is 0. The Morgan fingerprint density at radius 3 is 2.07 bits per heavy atom. The lowest BCUT2D eigenvalue weighted by Gasteiger charge is -2.44. The van der Waals surface area contributed by atoms with Gasteiger partial charge in [0, 0.05) is 0 Å². The molecule has 6 N–H and O–H groups in total. The molecule has 7 nitrogen and oxygen atoms in total. The van der Waals surface area contributed by atoms with E-state index >= 15 is 0 Å². The third kappa shape index (κ3) is 0.729. The molecule has 0 bridgehead atoms. The molecule has 0 saturated heterocycles. The second-order valence-corrected chi connectivity index (χ2v) is 3.97. The zero-order valence-corrected chi connectivity index (χ0v) is 7.65. The highest BCUT2D eigenvalue weighted by Gasteiger charge is 2.72. The topological polar surface area (TPSA) is 137 Å². The number of carbonyl (C=O) groups is 2. The maximum absolute atomic E-state index is 11.5. The standard InChI is InChI=1S/C7H11N5O2/c1-5(8)6(9,10)3(13)2-4(14)7(5)11-12-7/h2,8-10H2,1H3. The van der Waals surface area contributed by atoms with Crippen molar-refractivity contribution in [1.82, 2.24) is 0 Å². The van der Waals surface area contributed by atoms with Crippen LogP contribution >= 0.6 is 0 Å². The number of hydrogen-bond acceptors (Lipinski definition) is 7. The van der Waals surface area contributed by atoms with Gasteiger partial charge in [-0.3, -0.25) is 9.59 Å². The van der Waals surface area contributed by atoms with Crippen LogP contribution in [0.25, 0.3) is 0 Å². The van der Waals surface area contributed by atoms with E-state index in [4.69, 9.17) is 17.2 Å². The van der Waals surface area contributed by atoms with Gasteiger partial charge in [-0.05, 0) is 6.92 Å². The minimum Gasteiger partial charge on any atom is -0.318 e. The van der Waals surface area contributed by atoms with Crippen molar-refractivity contribution in [3.05, 3.63) is 0 Å². The summed E-state index contributed by atoms with van der Waals surface area (Å²) in [5, 5.41) is 7.19. The first kappa shape index (κ1) is 9.38. The van der Waals surface area contributed by atoms with Gasteiger partial charge in [0.05, 0.1) is 6.42 Å². The molecule has 0 amide bonds. The second kappa shape index (κ2) is 2.08. The monoisotopic (exact) mass is 197 g/mol. The van der Waals surface area contributed by atoms with Crippen molar-refractivity contribution in [2.45, 2.75) is 30.2 Å². The summed E-state index contributed by atoms with van der Waals surface area (Å²) in [6.45, 7) is 1.42. The first-order valence-electron chi connectivity index (χ1n) is 4.13. The van der Waals surface area contributed by atoms with Crippen LogP contribution in [0.1, 0.15) is 13.3 Å². The molecule has 1 heterocycles. The van der Waals surface area contributed by atoms with Crippen LogP contribution in [-0.4, -0.2) is 28.4 Å². The molecule has 1 aliphatic heterocycles. The summed E-state index contributed by atoms with van der Waals surface area (Å²) in [5.74, 6) is -1.01. The Kier molecular flexibility index (Phi) is 1.39. The van der Waals surface area contributed by atoms with Gasteiger partial charge in [-0.25, -0.2) is 0 Å². The summed E-state index contributed by atoms with van der Waals surface area (Å²) >= 11 is 0. The van der Waals surface area contributed by atoms with Crippen LogP contribution in [0.3, 0.4) is 0 Å². The van der Waals surface area contributed by atoms with E-state index in [0.717, 1.165) is 0 Å². The molecule has 1 unspecified atom stereocenters. The molecule has 1 spiro atoms. The third-order valence-corrected chi connectivity index (χ3v) is 3.05. The molecule has 2 aliphatic rings. The zero-order valence-electron chi connectivity index (χ0n) is 7.65. The van der Waals surface area contributed by atoms with Crippen molar-refractivity contribution in [3.63, 3.8) is 0 Å². The fourth-order valence-electron chi connectivity index (χ4n) is 1.65. The van der Waals surface area contributed by atoms with Gasteiger partial charge in [0.15, 0.2) is 11.6 Å². The highest BCUT2D eigenvalue weighted by Crippen LogP contribution is 2.46. The molecule has 7 heteroatoms. The van der Waals surface area contributed by atoms with E-state index in [1.807, 2.05) is 0 Å². The Morgan fingerprint density at radius 1 is 1.14 bits per heavy atom. The van der Waals surface area contributed by atoms with Crippen molar-refractivity contribution in [1.29, 1.82) is 0 Å². The molecule has 1 atom stereocenters. The number of rotatable bonds is 0. The number of ketones is 2. The van der Waals surface area contributed by atoms with Gasteiger partial charge in [0.2, 0.25) is 0 Å². The molecule has 0 radical (unpaired) electrons. The normalized spacial score (nSPS) is 37.7. The third-order valence-electron chi connectivity index (χ3n) is 3.05. The van der Waals surface area contributed by atoms with Crippen LogP contribution in [0.5, 0.6) is 0 Å². The fraction of sp³-hybridized carbons (Fsp3) is 0.714. The molecule has 14 heavy (non-hydrogen) atoms. The second-order valence-electron chi connectivity index (χ2n) is 3.97. The number of nitrogens with two attached hydrogens (primary N) is 3. The first-order valence-corrected chi connectivity index (χ1v) is 4.13. The highest BCUT2D eigenvalue weighted by atomic mass is 16.2. The molecule has 2 rings (SSSR count). The van der Waals surface area contributed by atoms with Crippen molar-refractivity contribution >= 4 is 11.6 Å². The predicted molar refractivity (Wildman–Crippen MR) is 45.9 cm³/mol. The van der Waals surface area contributed by atoms with Gasteiger partial charge in [0.25, 0.3) is 5.66 Å². The smallest absolute Gasteiger partial charge is 0.269 e. The summed E-state index contributed by atoms with van der Waals surface area (Å²) in [6, 6.07) is 0. The average molecular weight is 197 g/mol. The lowest BCUT2D eigenvalue weighted by Crippen LogP contribution is -2.83. The Balaban J connectivity index is 2.51. The molecule has 1 aliphatic carbocycles. The molecule has 0 aromatic heterocycles. The van der Waals surface area contributed by atoms with E-state index in [1.54, 1.807) is 0 Å². The van der Waals surface area contributed by atoms with Crippen molar-refractivity contribution < 1.29 is 9.59 Å². The molecule has 0 aromatic rings. The van der Waals surface area contributed by atoms with Gasteiger partial charge in [-0.15, -0.1) is 10.2 Å². The van der Waals surface area contributed by atoms with E-state index in [9.17, 15) is 9.59 Å². The molecule has 0 aromatic carbocycles. The molecule has 76 valence electrons. The Morgan fingerprint density at radius 2 is 1.64 bits per heavy atom. The van der Waals surface area contributed by atoms with E-state index in [0.29, 0.717) is 0 Å². The fourth-order valence-corrected chi connectivity index (χ4v) is 1.65. The van der Waals surface area contributed by atoms with E-state index in [2.05, 4.69) is 10.2 Å². The minimum absolute atomic E-state index is 0.354. The van der Waals surface area contributed by atoms with Gasteiger partial charge >= 0.3 is 0 Å². The van der Waals surface area contributed by atoms with E-state index < -0.39 is 28.4 Å². The quantitative estimate of drug-likeness (QED) is 0.305. The summed E-state index contributed by atoms with van der Waals surface area (Å²) in [5.41, 5.74) is 12.4. The molecular formula is C7H11N5O2. The molecular weight excluding hydrogens is 186 g/mol. The Hall–Kier alpha value is -1.18. The number of nitrogens with zero attached hydrogens (tertiary/aromatic N) is 2. The van der Waals surface area contributed by atoms with Crippen LogP contribution in [-0.2, 0) is 9.59 Å². The Labute approximate surface area is 79.7 Å². The SMILES string of the molecule is CC1(N)C(N)(N)C(=O)CC(=O)C12N=N2.